The Hall–Kier alpha value is -1.48. The summed E-state index contributed by atoms with van der Waals surface area (Å²) in [5.74, 6) is 0.959. The first-order valence-corrected chi connectivity index (χ1v) is 10.5. The SMILES string of the molecule is CC[NH+]1CC[NH+]([C@H](c2sccc2C)c2sc3nc(C)nn3c2O)CC1. The summed E-state index contributed by atoms with van der Waals surface area (Å²) in [5, 5.41) is 17.4. The summed E-state index contributed by atoms with van der Waals surface area (Å²) >= 11 is 3.37. The van der Waals surface area contributed by atoms with Crippen molar-refractivity contribution >= 4 is 27.6 Å². The number of nitrogens with one attached hydrogen (secondary N) is 2. The number of rotatable bonds is 4. The zero-order chi connectivity index (χ0) is 17.6. The van der Waals surface area contributed by atoms with Gasteiger partial charge in [-0.1, -0.05) is 11.3 Å². The molecular weight excluding hydrogens is 354 g/mol. The molecule has 0 saturated carbocycles. The number of quaternary nitrogens is 2. The summed E-state index contributed by atoms with van der Waals surface area (Å²) in [6.07, 6.45) is 0. The van der Waals surface area contributed by atoms with Gasteiger partial charge >= 0.3 is 0 Å². The fourth-order valence-electron chi connectivity index (χ4n) is 3.77. The van der Waals surface area contributed by atoms with E-state index in [0.717, 1.165) is 22.9 Å². The Balaban J connectivity index is 1.76. The van der Waals surface area contributed by atoms with E-state index in [1.165, 1.54) is 30.1 Å². The quantitative estimate of drug-likeness (QED) is 0.601. The molecule has 3 aromatic heterocycles. The molecular formula is C17H25N5OS2+2. The van der Waals surface area contributed by atoms with Gasteiger partial charge in [-0.25, -0.2) is 4.98 Å². The molecule has 0 amide bonds. The Bertz CT molecular complexity index is 875. The highest BCUT2D eigenvalue weighted by Gasteiger charge is 2.37. The van der Waals surface area contributed by atoms with E-state index in [0.29, 0.717) is 5.82 Å². The maximum absolute atomic E-state index is 10.8. The van der Waals surface area contributed by atoms with E-state index in [1.807, 2.05) is 6.92 Å². The number of likely N-dealkylation sites (N-methyl/N-ethyl adjacent to an activating group) is 1. The van der Waals surface area contributed by atoms with Crippen molar-refractivity contribution in [2.75, 3.05) is 32.7 Å². The van der Waals surface area contributed by atoms with Gasteiger partial charge in [-0.05, 0) is 37.8 Å². The van der Waals surface area contributed by atoms with Gasteiger partial charge in [-0.15, -0.1) is 16.4 Å². The average Bonchev–Trinajstić information content (AvgIpc) is 3.27. The van der Waals surface area contributed by atoms with Crippen LogP contribution < -0.4 is 9.80 Å². The number of thiophene rings is 1. The third kappa shape index (κ3) is 2.97. The Morgan fingerprint density at radius 3 is 2.60 bits per heavy atom. The minimum Gasteiger partial charge on any atom is -0.492 e. The van der Waals surface area contributed by atoms with E-state index in [1.54, 1.807) is 37.0 Å². The lowest BCUT2D eigenvalue weighted by Gasteiger charge is -2.33. The van der Waals surface area contributed by atoms with Gasteiger partial charge in [0.2, 0.25) is 10.8 Å². The van der Waals surface area contributed by atoms with E-state index in [2.05, 4.69) is 35.4 Å². The van der Waals surface area contributed by atoms with Gasteiger partial charge in [0.05, 0.1) is 11.4 Å². The zero-order valence-electron chi connectivity index (χ0n) is 14.9. The largest absolute Gasteiger partial charge is 0.492 e. The van der Waals surface area contributed by atoms with Crippen LogP contribution in [0.5, 0.6) is 5.88 Å². The van der Waals surface area contributed by atoms with Crippen LogP contribution in [0.1, 0.15) is 34.1 Å². The maximum Gasteiger partial charge on any atom is 0.235 e. The first-order valence-electron chi connectivity index (χ1n) is 8.85. The summed E-state index contributed by atoms with van der Waals surface area (Å²) in [5.41, 5.74) is 1.31. The minimum absolute atomic E-state index is 0.173. The highest BCUT2D eigenvalue weighted by atomic mass is 32.1. The van der Waals surface area contributed by atoms with Crippen LogP contribution in [-0.2, 0) is 0 Å². The molecule has 0 aliphatic carbocycles. The normalized spacial score (nSPS) is 22.5. The number of aryl methyl sites for hydroxylation is 2. The summed E-state index contributed by atoms with van der Waals surface area (Å²) in [4.78, 5) is 10.8. The standard InChI is InChI=1S/C17H23N5OS2/c1-4-20-6-8-21(9-7-20)13(14-11(2)5-10-24-14)15-16(23)22-17(25-15)18-12(3)19-22/h5,10,13,23H,4,6-9H2,1-3H3/p+2/t13-/m1/s1. The number of fused-ring (bicyclic) bond motifs is 1. The molecule has 134 valence electrons. The highest BCUT2D eigenvalue weighted by molar-refractivity contribution is 7.17. The number of hydrogen-bond acceptors (Lipinski definition) is 5. The third-order valence-corrected chi connectivity index (χ3v) is 7.41. The van der Waals surface area contributed by atoms with Crippen LogP contribution >= 0.6 is 22.7 Å². The van der Waals surface area contributed by atoms with Crippen molar-refractivity contribution in [3.05, 3.63) is 32.6 Å². The number of thiazole rings is 1. The van der Waals surface area contributed by atoms with E-state index in [4.69, 9.17) is 0 Å². The molecule has 0 bridgehead atoms. The second kappa shape index (κ2) is 6.68. The predicted octanol–water partition coefficient (Wildman–Crippen LogP) is 0.0674. The van der Waals surface area contributed by atoms with Crippen molar-refractivity contribution in [2.45, 2.75) is 26.8 Å². The summed E-state index contributed by atoms with van der Waals surface area (Å²) in [7, 11) is 0. The molecule has 0 aromatic carbocycles. The first kappa shape index (κ1) is 17.0. The van der Waals surface area contributed by atoms with E-state index in [9.17, 15) is 5.11 Å². The molecule has 3 aromatic rings. The lowest BCUT2D eigenvalue weighted by Crippen LogP contribution is -3.28. The molecule has 6 nitrogen and oxygen atoms in total. The van der Waals surface area contributed by atoms with Crippen LogP contribution in [0, 0.1) is 13.8 Å². The Kier molecular flexibility index (Phi) is 4.53. The van der Waals surface area contributed by atoms with Gasteiger partial charge in [0.15, 0.2) is 6.04 Å². The van der Waals surface area contributed by atoms with Crippen molar-refractivity contribution in [2.24, 2.45) is 0 Å². The monoisotopic (exact) mass is 379 g/mol. The van der Waals surface area contributed by atoms with E-state index >= 15 is 0 Å². The van der Waals surface area contributed by atoms with Crippen LogP contribution in [0.15, 0.2) is 11.4 Å². The number of aromatic nitrogens is 3. The fraction of sp³-hybridized carbons (Fsp3) is 0.529. The van der Waals surface area contributed by atoms with Crippen molar-refractivity contribution in [3.63, 3.8) is 0 Å². The molecule has 0 spiro atoms. The van der Waals surface area contributed by atoms with Crippen molar-refractivity contribution in [3.8, 4) is 5.88 Å². The molecule has 4 rings (SSSR count). The zero-order valence-corrected chi connectivity index (χ0v) is 16.5. The summed E-state index contributed by atoms with van der Waals surface area (Å²) in [6.45, 7) is 12.1. The maximum atomic E-state index is 10.8. The van der Waals surface area contributed by atoms with Crippen LogP contribution in [0.25, 0.3) is 4.96 Å². The summed E-state index contributed by atoms with van der Waals surface area (Å²) in [6, 6.07) is 2.35. The van der Waals surface area contributed by atoms with Gasteiger partial charge in [0, 0.05) is 0 Å². The highest BCUT2D eigenvalue weighted by Crippen LogP contribution is 2.37. The lowest BCUT2D eigenvalue weighted by atomic mass is 10.1. The van der Waals surface area contributed by atoms with Crippen molar-refractivity contribution in [1.82, 2.24) is 14.6 Å². The second-order valence-electron chi connectivity index (χ2n) is 6.81. The second-order valence-corrected chi connectivity index (χ2v) is 8.76. The van der Waals surface area contributed by atoms with Crippen molar-refractivity contribution in [1.29, 1.82) is 0 Å². The van der Waals surface area contributed by atoms with Gasteiger partial charge in [0.1, 0.15) is 36.9 Å². The number of nitrogens with zero attached hydrogens (tertiary/aromatic N) is 3. The fourth-order valence-corrected chi connectivity index (χ4v) is 6.11. The van der Waals surface area contributed by atoms with Crippen molar-refractivity contribution < 1.29 is 14.9 Å². The number of hydrogen-bond donors (Lipinski definition) is 3. The molecule has 25 heavy (non-hydrogen) atoms. The first-order chi connectivity index (χ1) is 12.1. The van der Waals surface area contributed by atoms with Gasteiger partial charge < -0.3 is 14.9 Å². The molecule has 0 radical (unpaired) electrons. The van der Waals surface area contributed by atoms with Crippen LogP contribution in [0.4, 0.5) is 0 Å². The van der Waals surface area contributed by atoms with Gasteiger partial charge in [0.25, 0.3) is 0 Å². The van der Waals surface area contributed by atoms with Gasteiger partial charge in [-0.3, -0.25) is 0 Å². The summed E-state index contributed by atoms with van der Waals surface area (Å²) < 4.78 is 1.60. The minimum atomic E-state index is 0.173. The Labute approximate surface area is 155 Å². The smallest absolute Gasteiger partial charge is 0.235 e. The molecule has 4 heterocycles. The van der Waals surface area contributed by atoms with Crippen LogP contribution in [0.2, 0.25) is 0 Å². The third-order valence-electron chi connectivity index (χ3n) is 5.24. The molecule has 1 aliphatic rings. The average molecular weight is 380 g/mol. The number of piperazine rings is 1. The topological polar surface area (TPSA) is 59.3 Å². The van der Waals surface area contributed by atoms with Crippen LogP contribution in [0.3, 0.4) is 0 Å². The molecule has 1 saturated heterocycles. The molecule has 1 fully saturated rings. The molecule has 8 heteroatoms. The van der Waals surface area contributed by atoms with E-state index < -0.39 is 0 Å². The molecule has 0 unspecified atom stereocenters. The van der Waals surface area contributed by atoms with Crippen LogP contribution in [-0.4, -0.2) is 52.4 Å². The molecule has 1 atom stereocenters. The number of aromatic hydroxyl groups is 1. The molecule has 3 N–H and O–H groups in total. The Morgan fingerprint density at radius 1 is 1.24 bits per heavy atom. The van der Waals surface area contributed by atoms with Gasteiger partial charge in [-0.2, -0.15) is 4.52 Å². The molecule has 1 aliphatic heterocycles. The predicted molar refractivity (Wildman–Crippen MR) is 100 cm³/mol. The lowest BCUT2D eigenvalue weighted by molar-refractivity contribution is -1.02. The Morgan fingerprint density at radius 2 is 2.00 bits per heavy atom. The van der Waals surface area contributed by atoms with E-state index in [-0.39, 0.29) is 11.9 Å².